The van der Waals surface area contributed by atoms with Crippen LogP contribution >= 0.6 is 0 Å². The van der Waals surface area contributed by atoms with Gasteiger partial charge in [-0.3, -0.25) is 10.1 Å². The van der Waals surface area contributed by atoms with E-state index in [1.807, 2.05) is 41.2 Å². The Bertz CT molecular complexity index is 770. The predicted molar refractivity (Wildman–Crippen MR) is 68.1 cm³/mol. The highest BCUT2D eigenvalue weighted by molar-refractivity contribution is 5.83. The lowest BCUT2D eigenvalue weighted by Gasteiger charge is -2.01. The maximum Gasteiger partial charge on any atom is 0.155 e. The van der Waals surface area contributed by atoms with Crippen LogP contribution in [-0.2, 0) is 0 Å². The van der Waals surface area contributed by atoms with E-state index in [4.69, 9.17) is 0 Å². The van der Waals surface area contributed by atoms with E-state index in [2.05, 4.69) is 20.2 Å². The third kappa shape index (κ3) is 1.31. The molecule has 0 unspecified atom stereocenters. The van der Waals surface area contributed by atoms with Crippen molar-refractivity contribution in [3.05, 3.63) is 49.2 Å². The largest absolute Gasteiger partial charge is 0.304 e. The zero-order valence-corrected chi connectivity index (χ0v) is 9.41. The van der Waals surface area contributed by atoms with Gasteiger partial charge in [0.15, 0.2) is 5.65 Å². The fourth-order valence-electron chi connectivity index (χ4n) is 2.07. The van der Waals surface area contributed by atoms with Gasteiger partial charge in [-0.25, -0.2) is 4.98 Å². The van der Waals surface area contributed by atoms with Gasteiger partial charge in [0.2, 0.25) is 0 Å². The summed E-state index contributed by atoms with van der Waals surface area (Å²) in [5.74, 6) is 0. The third-order valence-electron chi connectivity index (χ3n) is 3.02. The summed E-state index contributed by atoms with van der Waals surface area (Å²) in [7, 11) is 0. The number of benzene rings is 1. The van der Waals surface area contributed by atoms with Crippen molar-refractivity contribution in [3.63, 3.8) is 0 Å². The number of rotatable bonds is 1. The normalized spacial score (nSPS) is 11.3. The molecule has 0 radical (unpaired) electrons. The van der Waals surface area contributed by atoms with Gasteiger partial charge < -0.3 is 4.40 Å². The molecule has 5 nitrogen and oxygen atoms in total. The van der Waals surface area contributed by atoms with Gasteiger partial charge in [0.25, 0.3) is 0 Å². The first-order chi connectivity index (χ1) is 8.90. The molecule has 3 heterocycles. The summed E-state index contributed by atoms with van der Waals surface area (Å²) in [6.07, 6.45) is 9.23. The van der Waals surface area contributed by atoms with Crippen molar-refractivity contribution in [1.29, 1.82) is 0 Å². The fourth-order valence-corrected chi connectivity index (χ4v) is 2.07. The topological polar surface area (TPSA) is 58.9 Å². The van der Waals surface area contributed by atoms with Gasteiger partial charge >= 0.3 is 0 Å². The molecular formula is C13H9N5. The summed E-state index contributed by atoms with van der Waals surface area (Å²) in [5.41, 5.74) is 3.83. The van der Waals surface area contributed by atoms with Gasteiger partial charge in [0.05, 0.1) is 23.6 Å². The third-order valence-corrected chi connectivity index (χ3v) is 3.02. The second-order valence-electron chi connectivity index (χ2n) is 4.14. The number of nitrogens with zero attached hydrogens (tertiary/aromatic N) is 4. The number of aromatic nitrogens is 5. The molecule has 4 aromatic rings. The molecule has 0 amide bonds. The second-order valence-corrected chi connectivity index (χ2v) is 4.14. The van der Waals surface area contributed by atoms with Gasteiger partial charge in [-0.1, -0.05) is 12.1 Å². The van der Waals surface area contributed by atoms with Crippen LogP contribution in [-0.4, -0.2) is 24.6 Å². The van der Waals surface area contributed by atoms with Gasteiger partial charge in [-0.2, -0.15) is 5.10 Å². The van der Waals surface area contributed by atoms with E-state index in [1.54, 1.807) is 12.4 Å². The fraction of sp³-hybridized carbons (Fsp3) is 0. The van der Waals surface area contributed by atoms with E-state index in [-0.39, 0.29) is 0 Å². The molecule has 0 aliphatic carbocycles. The van der Waals surface area contributed by atoms with E-state index < -0.39 is 0 Å². The molecule has 0 spiro atoms. The first-order valence-electron chi connectivity index (χ1n) is 5.62. The molecule has 3 aromatic heterocycles. The highest BCUT2D eigenvalue weighted by Gasteiger charge is 2.03. The molecular weight excluding hydrogens is 226 g/mol. The van der Waals surface area contributed by atoms with Gasteiger partial charge in [0, 0.05) is 29.5 Å². The molecule has 0 aliphatic heterocycles. The van der Waals surface area contributed by atoms with Crippen LogP contribution in [0.2, 0.25) is 0 Å². The molecule has 0 saturated heterocycles. The van der Waals surface area contributed by atoms with Crippen molar-refractivity contribution < 1.29 is 0 Å². The Morgan fingerprint density at radius 1 is 1.11 bits per heavy atom. The minimum absolute atomic E-state index is 0.848. The van der Waals surface area contributed by atoms with Crippen LogP contribution in [0.1, 0.15) is 0 Å². The van der Waals surface area contributed by atoms with Crippen LogP contribution in [0.5, 0.6) is 0 Å². The van der Waals surface area contributed by atoms with Crippen molar-refractivity contribution in [2.45, 2.75) is 0 Å². The van der Waals surface area contributed by atoms with Gasteiger partial charge in [-0.15, -0.1) is 0 Å². The Kier molecular flexibility index (Phi) is 1.77. The Morgan fingerprint density at radius 3 is 3.11 bits per heavy atom. The molecule has 0 saturated carbocycles. The molecule has 0 fully saturated rings. The highest BCUT2D eigenvalue weighted by atomic mass is 15.1. The van der Waals surface area contributed by atoms with Crippen molar-refractivity contribution >= 4 is 16.6 Å². The standard InChI is InChI=1S/C13H9N5/c1-2-10-6-16-17-11(10)5-9(1)12-8-18-4-3-14-13(18)7-15-12/h1-8H,(H,16,17). The average Bonchev–Trinajstić information content (AvgIpc) is 3.05. The summed E-state index contributed by atoms with van der Waals surface area (Å²) in [5, 5.41) is 8.08. The van der Waals surface area contributed by atoms with Crippen LogP contribution in [0.4, 0.5) is 0 Å². The number of imidazole rings is 1. The number of nitrogens with one attached hydrogen (secondary N) is 1. The molecule has 5 heteroatoms. The molecule has 18 heavy (non-hydrogen) atoms. The van der Waals surface area contributed by atoms with Crippen LogP contribution in [0.3, 0.4) is 0 Å². The predicted octanol–water partition coefficient (Wildman–Crippen LogP) is 2.27. The molecule has 86 valence electrons. The van der Waals surface area contributed by atoms with Gasteiger partial charge in [-0.05, 0) is 6.07 Å². The second kappa shape index (κ2) is 3.40. The van der Waals surface area contributed by atoms with E-state index in [1.165, 1.54) is 0 Å². The summed E-state index contributed by atoms with van der Waals surface area (Å²) < 4.78 is 1.96. The van der Waals surface area contributed by atoms with E-state index in [0.29, 0.717) is 0 Å². The number of hydrogen-bond donors (Lipinski definition) is 1. The zero-order chi connectivity index (χ0) is 11.9. The quantitative estimate of drug-likeness (QED) is 0.550. The first-order valence-corrected chi connectivity index (χ1v) is 5.62. The Hall–Kier alpha value is -2.69. The van der Waals surface area contributed by atoms with Crippen molar-refractivity contribution in [2.24, 2.45) is 0 Å². The summed E-state index contributed by atoms with van der Waals surface area (Å²) in [6.45, 7) is 0. The monoisotopic (exact) mass is 235 g/mol. The lowest BCUT2D eigenvalue weighted by Crippen LogP contribution is -1.89. The number of hydrogen-bond acceptors (Lipinski definition) is 3. The molecule has 0 bridgehead atoms. The molecule has 1 aromatic carbocycles. The minimum atomic E-state index is 0.848. The Morgan fingerprint density at radius 2 is 2.11 bits per heavy atom. The number of aromatic amines is 1. The maximum absolute atomic E-state index is 4.42. The van der Waals surface area contributed by atoms with Gasteiger partial charge in [0.1, 0.15) is 0 Å². The molecule has 1 N–H and O–H groups in total. The smallest absolute Gasteiger partial charge is 0.155 e. The molecule has 4 rings (SSSR count). The van der Waals surface area contributed by atoms with Crippen LogP contribution in [0.25, 0.3) is 27.8 Å². The average molecular weight is 235 g/mol. The molecule has 0 atom stereocenters. The summed E-state index contributed by atoms with van der Waals surface area (Å²) in [4.78, 5) is 8.60. The van der Waals surface area contributed by atoms with Crippen LogP contribution < -0.4 is 0 Å². The SMILES string of the molecule is c1cn2cc(-c3ccc4cn[nH]c4c3)ncc2n1. The summed E-state index contributed by atoms with van der Waals surface area (Å²) in [6, 6.07) is 6.13. The zero-order valence-electron chi connectivity index (χ0n) is 9.41. The van der Waals surface area contributed by atoms with E-state index in [9.17, 15) is 0 Å². The Balaban J connectivity index is 1.93. The summed E-state index contributed by atoms with van der Waals surface area (Å²) >= 11 is 0. The lowest BCUT2D eigenvalue weighted by molar-refractivity contribution is 1.12. The maximum atomic E-state index is 4.42. The molecule has 0 aliphatic rings. The number of fused-ring (bicyclic) bond motifs is 2. The first kappa shape index (κ1) is 9.35. The van der Waals surface area contributed by atoms with E-state index in [0.717, 1.165) is 27.8 Å². The van der Waals surface area contributed by atoms with Crippen molar-refractivity contribution in [1.82, 2.24) is 24.6 Å². The van der Waals surface area contributed by atoms with Crippen LogP contribution in [0.15, 0.2) is 49.2 Å². The van der Waals surface area contributed by atoms with E-state index >= 15 is 0 Å². The van der Waals surface area contributed by atoms with Crippen molar-refractivity contribution in [2.75, 3.05) is 0 Å². The van der Waals surface area contributed by atoms with Crippen molar-refractivity contribution in [3.8, 4) is 11.3 Å². The minimum Gasteiger partial charge on any atom is -0.304 e. The highest BCUT2D eigenvalue weighted by Crippen LogP contribution is 2.21. The Labute approximate surface area is 102 Å². The lowest BCUT2D eigenvalue weighted by atomic mass is 10.1. The number of H-pyrrole nitrogens is 1. The van der Waals surface area contributed by atoms with Crippen LogP contribution in [0, 0.1) is 0 Å².